The van der Waals surface area contributed by atoms with Gasteiger partial charge in [0.1, 0.15) is 5.69 Å². The van der Waals surface area contributed by atoms with E-state index in [1.807, 2.05) is 18.2 Å². The number of aromatic amines is 1. The van der Waals surface area contributed by atoms with Crippen LogP contribution in [0.25, 0.3) is 22.6 Å². The summed E-state index contributed by atoms with van der Waals surface area (Å²) >= 11 is 6.01. The number of nitrogens with one attached hydrogen (secondary N) is 1. The minimum atomic E-state index is 0.393. The molecule has 3 aromatic rings. The van der Waals surface area contributed by atoms with E-state index in [1.165, 1.54) is 0 Å². The molecule has 3 rings (SSSR count). The number of hydrogen-bond donors (Lipinski definition) is 2. The lowest BCUT2D eigenvalue weighted by Gasteiger charge is -2.03. The third-order valence-corrected chi connectivity index (χ3v) is 2.93. The Kier molecular flexibility index (Phi) is 2.89. The molecule has 0 bridgehead atoms. The molecule has 0 aliphatic rings. The number of hydrogen-bond acceptors (Lipinski definition) is 4. The van der Waals surface area contributed by atoms with E-state index in [2.05, 4.69) is 20.2 Å². The maximum Gasteiger partial charge on any atom is 0.178 e. The number of aromatic nitrogens is 4. The molecule has 6 heteroatoms. The van der Waals surface area contributed by atoms with Crippen LogP contribution in [0.5, 0.6) is 0 Å². The quantitative estimate of drug-likeness (QED) is 0.751. The molecule has 0 spiro atoms. The fourth-order valence-electron chi connectivity index (χ4n) is 1.88. The second-order valence-corrected chi connectivity index (χ2v) is 4.38. The lowest BCUT2D eigenvalue weighted by atomic mass is 10.1. The van der Waals surface area contributed by atoms with Crippen molar-refractivity contribution in [2.45, 2.75) is 0 Å². The average molecular weight is 272 g/mol. The summed E-state index contributed by atoms with van der Waals surface area (Å²) in [4.78, 5) is 8.40. The Hall–Kier alpha value is -2.40. The summed E-state index contributed by atoms with van der Waals surface area (Å²) in [6.45, 7) is 0. The van der Waals surface area contributed by atoms with Crippen LogP contribution < -0.4 is 5.73 Å². The summed E-state index contributed by atoms with van der Waals surface area (Å²) < 4.78 is 0. The SMILES string of the molecule is Nc1n[nH]c(-c2ncccn2)c1-c1cccc(Cl)c1. The van der Waals surface area contributed by atoms with Gasteiger partial charge in [0.25, 0.3) is 0 Å². The second-order valence-electron chi connectivity index (χ2n) is 3.94. The number of nitrogen functional groups attached to an aromatic ring is 1. The van der Waals surface area contributed by atoms with E-state index in [9.17, 15) is 0 Å². The van der Waals surface area contributed by atoms with E-state index in [4.69, 9.17) is 17.3 Å². The third-order valence-electron chi connectivity index (χ3n) is 2.70. The van der Waals surface area contributed by atoms with Crippen LogP contribution in [0, 0.1) is 0 Å². The van der Waals surface area contributed by atoms with Crippen LogP contribution in [0.4, 0.5) is 5.82 Å². The minimum absolute atomic E-state index is 0.393. The van der Waals surface area contributed by atoms with Crippen LogP contribution in [0.1, 0.15) is 0 Å². The van der Waals surface area contributed by atoms with Crippen LogP contribution in [0.2, 0.25) is 5.02 Å². The first-order valence-corrected chi connectivity index (χ1v) is 6.00. The number of halogens is 1. The number of nitrogens with two attached hydrogens (primary N) is 1. The van der Waals surface area contributed by atoms with E-state index < -0.39 is 0 Å². The summed E-state index contributed by atoms with van der Waals surface area (Å²) in [6, 6.07) is 9.16. The first kappa shape index (κ1) is 11.7. The van der Waals surface area contributed by atoms with Gasteiger partial charge in [-0.2, -0.15) is 5.10 Å². The fraction of sp³-hybridized carbons (Fsp3) is 0. The molecule has 0 aliphatic heterocycles. The van der Waals surface area contributed by atoms with Gasteiger partial charge in [-0.1, -0.05) is 23.7 Å². The molecule has 5 nitrogen and oxygen atoms in total. The standard InChI is InChI=1S/C13H10ClN5/c14-9-4-1-3-8(7-9)10-11(18-19-12(10)15)13-16-5-2-6-17-13/h1-7H,(H3,15,18,19). The lowest BCUT2D eigenvalue weighted by molar-refractivity contribution is 1.07. The van der Waals surface area contributed by atoms with Crippen molar-refractivity contribution in [3.05, 3.63) is 47.7 Å². The van der Waals surface area contributed by atoms with Gasteiger partial charge in [-0.25, -0.2) is 9.97 Å². The zero-order valence-corrected chi connectivity index (χ0v) is 10.6. The summed E-state index contributed by atoms with van der Waals surface area (Å²) in [6.07, 6.45) is 3.34. The van der Waals surface area contributed by atoms with Crippen molar-refractivity contribution in [3.63, 3.8) is 0 Å². The lowest BCUT2D eigenvalue weighted by Crippen LogP contribution is -1.91. The highest BCUT2D eigenvalue weighted by Crippen LogP contribution is 2.33. The Morgan fingerprint density at radius 1 is 1.11 bits per heavy atom. The molecule has 1 aromatic carbocycles. The predicted molar refractivity (Wildman–Crippen MR) is 74.5 cm³/mol. The molecule has 0 saturated heterocycles. The smallest absolute Gasteiger partial charge is 0.178 e. The predicted octanol–water partition coefficient (Wildman–Crippen LogP) is 2.77. The monoisotopic (exact) mass is 271 g/mol. The number of rotatable bonds is 2. The van der Waals surface area contributed by atoms with E-state index in [0.29, 0.717) is 22.4 Å². The fourth-order valence-corrected chi connectivity index (χ4v) is 2.07. The zero-order chi connectivity index (χ0) is 13.2. The van der Waals surface area contributed by atoms with Gasteiger partial charge >= 0.3 is 0 Å². The van der Waals surface area contributed by atoms with Crippen molar-refractivity contribution in [3.8, 4) is 22.6 Å². The highest BCUT2D eigenvalue weighted by Gasteiger charge is 2.16. The van der Waals surface area contributed by atoms with Gasteiger partial charge in [0.05, 0.1) is 5.56 Å². The summed E-state index contributed by atoms with van der Waals surface area (Å²) in [7, 11) is 0. The van der Waals surface area contributed by atoms with Crippen LogP contribution in [0.3, 0.4) is 0 Å². The molecular formula is C13H10ClN5. The molecule has 0 atom stereocenters. The van der Waals surface area contributed by atoms with Crippen LogP contribution >= 0.6 is 11.6 Å². The summed E-state index contributed by atoms with van der Waals surface area (Å²) in [5.41, 5.74) is 8.23. The highest BCUT2D eigenvalue weighted by molar-refractivity contribution is 6.30. The molecule has 19 heavy (non-hydrogen) atoms. The van der Waals surface area contributed by atoms with Gasteiger partial charge in [0.15, 0.2) is 11.6 Å². The van der Waals surface area contributed by atoms with E-state index in [-0.39, 0.29) is 0 Å². The van der Waals surface area contributed by atoms with Crippen LogP contribution in [-0.2, 0) is 0 Å². The van der Waals surface area contributed by atoms with Crippen LogP contribution in [0.15, 0.2) is 42.7 Å². The van der Waals surface area contributed by atoms with Gasteiger partial charge in [0, 0.05) is 17.4 Å². The number of anilines is 1. The van der Waals surface area contributed by atoms with Crippen molar-refractivity contribution >= 4 is 17.4 Å². The largest absolute Gasteiger partial charge is 0.382 e. The molecule has 0 amide bonds. The Bertz CT molecular complexity index is 708. The number of benzene rings is 1. The van der Waals surface area contributed by atoms with Crippen molar-refractivity contribution in [1.82, 2.24) is 20.2 Å². The van der Waals surface area contributed by atoms with E-state index in [0.717, 1.165) is 11.1 Å². The van der Waals surface area contributed by atoms with E-state index in [1.54, 1.807) is 24.5 Å². The molecular weight excluding hydrogens is 262 g/mol. The first-order chi connectivity index (χ1) is 9.25. The molecule has 94 valence electrons. The highest BCUT2D eigenvalue weighted by atomic mass is 35.5. The number of nitrogens with zero attached hydrogens (tertiary/aromatic N) is 3. The van der Waals surface area contributed by atoms with Gasteiger partial charge < -0.3 is 5.73 Å². The Morgan fingerprint density at radius 3 is 2.63 bits per heavy atom. The summed E-state index contributed by atoms with van der Waals surface area (Å²) in [5.74, 6) is 0.936. The van der Waals surface area contributed by atoms with Crippen molar-refractivity contribution < 1.29 is 0 Å². The molecule has 0 saturated carbocycles. The Labute approximate surface area is 114 Å². The van der Waals surface area contributed by atoms with E-state index >= 15 is 0 Å². The Morgan fingerprint density at radius 2 is 1.89 bits per heavy atom. The normalized spacial score (nSPS) is 10.6. The van der Waals surface area contributed by atoms with Gasteiger partial charge in [-0.05, 0) is 23.8 Å². The summed E-state index contributed by atoms with van der Waals surface area (Å²) in [5, 5.41) is 7.53. The van der Waals surface area contributed by atoms with Crippen LogP contribution in [-0.4, -0.2) is 20.2 Å². The maximum absolute atomic E-state index is 6.01. The van der Waals surface area contributed by atoms with Crippen molar-refractivity contribution in [2.24, 2.45) is 0 Å². The first-order valence-electron chi connectivity index (χ1n) is 5.63. The van der Waals surface area contributed by atoms with Gasteiger partial charge in [-0.3, -0.25) is 5.10 Å². The Balaban J connectivity index is 2.20. The van der Waals surface area contributed by atoms with Crippen molar-refractivity contribution in [1.29, 1.82) is 0 Å². The minimum Gasteiger partial charge on any atom is -0.382 e. The molecule has 3 N–H and O–H groups in total. The molecule has 0 aliphatic carbocycles. The maximum atomic E-state index is 6.01. The number of H-pyrrole nitrogens is 1. The second kappa shape index (κ2) is 4.70. The third kappa shape index (κ3) is 2.15. The molecule has 0 fully saturated rings. The zero-order valence-electron chi connectivity index (χ0n) is 9.84. The van der Waals surface area contributed by atoms with Crippen molar-refractivity contribution in [2.75, 3.05) is 5.73 Å². The molecule has 0 radical (unpaired) electrons. The van der Waals surface area contributed by atoms with Gasteiger partial charge in [-0.15, -0.1) is 0 Å². The van der Waals surface area contributed by atoms with Gasteiger partial charge in [0.2, 0.25) is 0 Å². The average Bonchev–Trinajstić information content (AvgIpc) is 2.82. The topological polar surface area (TPSA) is 80.5 Å². The molecule has 2 heterocycles. The molecule has 0 unspecified atom stereocenters. The molecule has 2 aromatic heterocycles.